The fourth-order valence-corrected chi connectivity index (χ4v) is 4.32. The van der Waals surface area contributed by atoms with Crippen molar-refractivity contribution in [3.05, 3.63) is 87.7 Å². The predicted molar refractivity (Wildman–Crippen MR) is 138 cm³/mol. The van der Waals surface area contributed by atoms with Gasteiger partial charge in [0.05, 0.1) is 33.6 Å². The van der Waals surface area contributed by atoms with Crippen molar-refractivity contribution < 1.29 is 9.18 Å². The maximum Gasteiger partial charge on any atom is 0.234 e. The molecular formula is C26H23ClFN3OS. The number of amides is 1. The van der Waals surface area contributed by atoms with Gasteiger partial charge in [0, 0.05) is 11.4 Å². The molecule has 1 aliphatic rings. The van der Waals surface area contributed by atoms with Crippen molar-refractivity contribution in [2.75, 3.05) is 11.1 Å². The largest absolute Gasteiger partial charge is 0.323 e. The zero-order valence-electron chi connectivity index (χ0n) is 18.6. The fraction of sp³-hybridized carbons (Fsp3) is 0.192. The normalized spacial score (nSPS) is 13.0. The van der Waals surface area contributed by atoms with Gasteiger partial charge in [0.2, 0.25) is 5.91 Å². The number of rotatable bonds is 4. The van der Waals surface area contributed by atoms with Gasteiger partial charge in [-0.3, -0.25) is 9.79 Å². The van der Waals surface area contributed by atoms with Crippen molar-refractivity contribution in [3.8, 4) is 0 Å². The van der Waals surface area contributed by atoms with Crippen molar-refractivity contribution in [1.82, 2.24) is 0 Å². The number of hydrogen-bond donors (Lipinski definition) is 1. The summed E-state index contributed by atoms with van der Waals surface area (Å²) in [6.45, 7) is 6.15. The molecule has 0 saturated carbocycles. The van der Waals surface area contributed by atoms with E-state index in [9.17, 15) is 9.18 Å². The Kier molecular flexibility index (Phi) is 6.96. The number of aliphatic imine (C=N–C) groups is 2. The summed E-state index contributed by atoms with van der Waals surface area (Å²) in [4.78, 5) is 22.3. The summed E-state index contributed by atoms with van der Waals surface area (Å²) in [5, 5.41) is 3.66. The smallest absolute Gasteiger partial charge is 0.234 e. The van der Waals surface area contributed by atoms with Crippen LogP contribution in [0.5, 0.6) is 0 Å². The first kappa shape index (κ1) is 23.2. The molecule has 0 spiro atoms. The minimum absolute atomic E-state index is 0.0995. The molecule has 0 aliphatic carbocycles. The van der Waals surface area contributed by atoms with Crippen LogP contribution in [0.4, 0.5) is 21.5 Å². The molecule has 0 radical (unpaired) electrons. The Bertz CT molecular complexity index is 1290. The van der Waals surface area contributed by atoms with Crippen molar-refractivity contribution >= 4 is 57.1 Å². The second-order valence-electron chi connectivity index (χ2n) is 7.99. The maximum atomic E-state index is 14.0. The summed E-state index contributed by atoms with van der Waals surface area (Å²) in [7, 11) is 0. The standard InChI is InChI=1S/C26H23ClFN3OS/c1-15-4-6-18(7-5-15)22-13-26(31-24-11-17(3)16(2)10-23(24)29-22)33-14-25(32)30-21-9-8-19(27)12-20(21)28/h4-12H,13-14H2,1-3H3,(H,30,32). The minimum Gasteiger partial charge on any atom is -0.323 e. The Hall–Kier alpha value is -2.96. The second kappa shape index (κ2) is 9.89. The van der Waals surface area contributed by atoms with E-state index in [-0.39, 0.29) is 22.4 Å². The van der Waals surface area contributed by atoms with Gasteiger partial charge in [-0.25, -0.2) is 9.38 Å². The molecule has 1 aliphatic heterocycles. The molecule has 4 nitrogen and oxygen atoms in total. The molecule has 7 heteroatoms. The molecule has 1 N–H and O–H groups in total. The number of hydrogen-bond acceptors (Lipinski definition) is 4. The van der Waals surface area contributed by atoms with E-state index in [2.05, 4.69) is 36.5 Å². The van der Waals surface area contributed by atoms with E-state index < -0.39 is 5.82 Å². The third-order valence-corrected chi connectivity index (χ3v) is 6.58. The van der Waals surface area contributed by atoms with E-state index >= 15 is 0 Å². The second-order valence-corrected chi connectivity index (χ2v) is 9.48. The molecule has 0 fully saturated rings. The van der Waals surface area contributed by atoms with Gasteiger partial charge >= 0.3 is 0 Å². The zero-order valence-corrected chi connectivity index (χ0v) is 20.1. The van der Waals surface area contributed by atoms with Crippen LogP contribution < -0.4 is 5.32 Å². The van der Waals surface area contributed by atoms with E-state index in [1.54, 1.807) is 0 Å². The van der Waals surface area contributed by atoms with Crippen LogP contribution in [0.15, 0.2) is 64.6 Å². The van der Waals surface area contributed by atoms with Crippen molar-refractivity contribution in [2.24, 2.45) is 9.98 Å². The van der Waals surface area contributed by atoms with Gasteiger partial charge in [0.15, 0.2) is 0 Å². The number of benzene rings is 3. The van der Waals surface area contributed by atoms with E-state index in [4.69, 9.17) is 21.6 Å². The monoisotopic (exact) mass is 479 g/mol. The van der Waals surface area contributed by atoms with Gasteiger partial charge in [0.1, 0.15) is 5.82 Å². The predicted octanol–water partition coefficient (Wildman–Crippen LogP) is 7.33. The molecule has 0 unspecified atom stereocenters. The van der Waals surface area contributed by atoms with Gasteiger partial charge in [-0.05, 0) is 67.8 Å². The first-order chi connectivity index (χ1) is 15.8. The van der Waals surface area contributed by atoms with Crippen LogP contribution in [-0.4, -0.2) is 22.4 Å². The Morgan fingerprint density at radius 3 is 2.33 bits per heavy atom. The summed E-state index contributed by atoms with van der Waals surface area (Å²) >= 11 is 7.11. The molecule has 1 heterocycles. The highest BCUT2D eigenvalue weighted by Crippen LogP contribution is 2.36. The average molecular weight is 480 g/mol. The Morgan fingerprint density at radius 1 is 1.00 bits per heavy atom. The average Bonchev–Trinajstić information content (AvgIpc) is 2.94. The molecular weight excluding hydrogens is 457 g/mol. The van der Waals surface area contributed by atoms with Crippen LogP contribution in [0.25, 0.3) is 0 Å². The number of nitrogens with zero attached hydrogens (tertiary/aromatic N) is 2. The molecule has 168 valence electrons. The third-order valence-electron chi connectivity index (χ3n) is 5.37. The minimum atomic E-state index is -0.568. The summed E-state index contributed by atoms with van der Waals surface area (Å²) in [6.07, 6.45) is 0.503. The zero-order chi connectivity index (χ0) is 23.5. The van der Waals surface area contributed by atoms with Crippen LogP contribution in [0.1, 0.15) is 28.7 Å². The molecule has 3 aromatic carbocycles. The quantitative estimate of drug-likeness (QED) is 0.425. The summed E-state index contributed by atoms with van der Waals surface area (Å²) in [5.41, 5.74) is 7.08. The molecule has 0 saturated heterocycles. The first-order valence-electron chi connectivity index (χ1n) is 10.5. The Morgan fingerprint density at radius 2 is 1.67 bits per heavy atom. The van der Waals surface area contributed by atoms with Crippen molar-refractivity contribution in [3.63, 3.8) is 0 Å². The number of carbonyl (C=O) groups is 1. The third kappa shape index (κ3) is 5.70. The van der Waals surface area contributed by atoms with Crippen LogP contribution in [0.3, 0.4) is 0 Å². The highest BCUT2D eigenvalue weighted by atomic mass is 35.5. The van der Waals surface area contributed by atoms with E-state index in [1.807, 2.05) is 26.0 Å². The van der Waals surface area contributed by atoms with Gasteiger partial charge in [-0.1, -0.05) is 41.4 Å². The Balaban J connectivity index is 1.58. The number of carbonyl (C=O) groups excluding carboxylic acids is 1. The number of nitrogens with one attached hydrogen (secondary N) is 1. The molecule has 3 aromatic rings. The number of fused-ring (bicyclic) bond motifs is 1. The molecule has 0 aromatic heterocycles. The van der Waals surface area contributed by atoms with Crippen LogP contribution in [-0.2, 0) is 4.79 Å². The van der Waals surface area contributed by atoms with Crippen LogP contribution >= 0.6 is 23.4 Å². The van der Waals surface area contributed by atoms with Crippen LogP contribution in [0.2, 0.25) is 5.02 Å². The molecule has 33 heavy (non-hydrogen) atoms. The molecule has 1 amide bonds. The van der Waals surface area contributed by atoms with Gasteiger partial charge < -0.3 is 5.32 Å². The number of anilines is 1. The SMILES string of the molecule is Cc1ccc(C2=Nc3cc(C)c(C)cc3N=C(SCC(=O)Nc3ccc(Cl)cc3F)C2)cc1. The van der Waals surface area contributed by atoms with E-state index in [0.29, 0.717) is 6.42 Å². The molecule has 0 bridgehead atoms. The highest BCUT2D eigenvalue weighted by Gasteiger charge is 2.18. The van der Waals surface area contributed by atoms with Crippen molar-refractivity contribution in [1.29, 1.82) is 0 Å². The highest BCUT2D eigenvalue weighted by molar-refractivity contribution is 8.14. The van der Waals surface area contributed by atoms with Crippen LogP contribution in [0, 0.1) is 26.6 Å². The lowest BCUT2D eigenvalue weighted by molar-refractivity contribution is -0.113. The van der Waals surface area contributed by atoms with Crippen molar-refractivity contribution in [2.45, 2.75) is 27.2 Å². The Labute approximate surface area is 202 Å². The van der Waals surface area contributed by atoms with E-state index in [1.165, 1.54) is 35.5 Å². The number of aryl methyl sites for hydroxylation is 3. The lowest BCUT2D eigenvalue weighted by Gasteiger charge is -2.09. The summed E-state index contributed by atoms with van der Waals surface area (Å²) in [6, 6.07) is 16.5. The lowest BCUT2D eigenvalue weighted by atomic mass is 10.1. The van der Waals surface area contributed by atoms with Gasteiger partial charge in [-0.15, -0.1) is 11.8 Å². The van der Waals surface area contributed by atoms with E-state index in [0.717, 1.165) is 38.8 Å². The molecule has 4 rings (SSSR count). The lowest BCUT2D eigenvalue weighted by Crippen LogP contribution is -2.17. The number of halogens is 2. The maximum absolute atomic E-state index is 14.0. The number of thioether (sulfide) groups is 1. The van der Waals surface area contributed by atoms with Gasteiger partial charge in [0.25, 0.3) is 0 Å². The first-order valence-corrected chi connectivity index (χ1v) is 11.9. The fourth-order valence-electron chi connectivity index (χ4n) is 3.39. The summed E-state index contributed by atoms with van der Waals surface area (Å²) in [5.74, 6) is -0.786. The molecule has 0 atom stereocenters. The topological polar surface area (TPSA) is 53.8 Å². The van der Waals surface area contributed by atoms with Gasteiger partial charge in [-0.2, -0.15) is 0 Å². The summed E-state index contributed by atoms with van der Waals surface area (Å²) < 4.78 is 14.0.